The summed E-state index contributed by atoms with van der Waals surface area (Å²) in [6.45, 7) is 2.31. The van der Waals surface area contributed by atoms with Crippen molar-refractivity contribution in [3.8, 4) is 5.75 Å². The fourth-order valence-corrected chi connectivity index (χ4v) is 1.12. The molecule has 6 nitrogen and oxygen atoms in total. The zero-order chi connectivity index (χ0) is 9.42. The van der Waals surface area contributed by atoms with Gasteiger partial charge in [-0.25, -0.2) is 4.79 Å². The molecular weight excluding hydrogens is 176 g/mol. The number of carboxylic acids is 1. The maximum Gasteiger partial charge on any atom is 0.362 e. The largest absolute Gasteiger partial charge is 0.484 e. The van der Waals surface area contributed by atoms with E-state index >= 15 is 0 Å². The number of ether oxygens (including phenoxy) is 1. The van der Waals surface area contributed by atoms with Crippen LogP contribution in [-0.2, 0) is 0 Å². The normalized spacial score (nSPS) is 19.9. The first kappa shape index (κ1) is 7.90. The average molecular weight is 184 g/mol. The second-order valence-corrected chi connectivity index (χ2v) is 2.85. The van der Waals surface area contributed by atoms with Crippen LogP contribution in [0.25, 0.3) is 0 Å². The van der Waals surface area contributed by atoms with Crippen molar-refractivity contribution < 1.29 is 19.2 Å². The van der Waals surface area contributed by atoms with E-state index in [-0.39, 0.29) is 23.4 Å². The Morgan fingerprint density at radius 1 is 1.77 bits per heavy atom. The van der Waals surface area contributed by atoms with Crippen molar-refractivity contribution in [2.75, 3.05) is 11.9 Å². The van der Waals surface area contributed by atoms with Gasteiger partial charge in [-0.05, 0) is 6.92 Å². The van der Waals surface area contributed by atoms with Gasteiger partial charge in [0.15, 0.2) is 0 Å². The van der Waals surface area contributed by atoms with E-state index in [9.17, 15) is 4.79 Å². The van der Waals surface area contributed by atoms with Crippen LogP contribution < -0.4 is 10.1 Å². The number of nitrogens with zero attached hydrogens (tertiary/aromatic N) is 1. The van der Waals surface area contributed by atoms with Gasteiger partial charge in [0.1, 0.15) is 6.61 Å². The Morgan fingerprint density at radius 3 is 3.23 bits per heavy atom. The number of carbonyl (C=O) groups is 1. The summed E-state index contributed by atoms with van der Waals surface area (Å²) in [4.78, 5) is 10.6. The molecule has 1 aliphatic rings. The SMILES string of the molecule is CC1COc2c(C(=O)O)noc2N1. The summed E-state index contributed by atoms with van der Waals surface area (Å²) in [5, 5.41) is 15.0. The second kappa shape index (κ2) is 2.65. The highest BCUT2D eigenvalue weighted by atomic mass is 16.5. The van der Waals surface area contributed by atoms with E-state index in [4.69, 9.17) is 14.4 Å². The van der Waals surface area contributed by atoms with Crippen molar-refractivity contribution >= 4 is 11.9 Å². The molecule has 2 heterocycles. The quantitative estimate of drug-likeness (QED) is 0.663. The van der Waals surface area contributed by atoms with E-state index in [1.165, 1.54) is 0 Å². The van der Waals surface area contributed by atoms with Crippen LogP contribution >= 0.6 is 0 Å². The summed E-state index contributed by atoms with van der Waals surface area (Å²) >= 11 is 0. The van der Waals surface area contributed by atoms with E-state index < -0.39 is 5.97 Å². The zero-order valence-electron chi connectivity index (χ0n) is 6.90. The van der Waals surface area contributed by atoms with Crippen LogP contribution in [0.2, 0.25) is 0 Å². The Morgan fingerprint density at radius 2 is 2.54 bits per heavy atom. The number of hydrogen-bond acceptors (Lipinski definition) is 5. The lowest BCUT2D eigenvalue weighted by Crippen LogP contribution is -2.28. The maximum absolute atomic E-state index is 10.6. The standard InChI is InChI=1S/C7H8N2O4/c1-3-2-12-5-4(7(10)11)9-13-6(5)8-3/h3,8H,2H2,1H3,(H,10,11). The van der Waals surface area contributed by atoms with E-state index in [1.807, 2.05) is 6.92 Å². The third kappa shape index (κ3) is 1.20. The number of nitrogens with one attached hydrogen (secondary N) is 1. The van der Waals surface area contributed by atoms with Crippen molar-refractivity contribution in [3.63, 3.8) is 0 Å². The van der Waals surface area contributed by atoms with Crippen LogP contribution in [-0.4, -0.2) is 28.9 Å². The Bertz CT molecular complexity index is 346. The minimum atomic E-state index is -1.15. The number of carboxylic acid groups (broad SMARTS) is 1. The molecule has 1 unspecified atom stereocenters. The summed E-state index contributed by atoms with van der Waals surface area (Å²) in [5.41, 5.74) is -0.186. The van der Waals surface area contributed by atoms with Crippen molar-refractivity contribution in [3.05, 3.63) is 5.69 Å². The van der Waals surface area contributed by atoms with Crippen LogP contribution in [0.3, 0.4) is 0 Å². The van der Waals surface area contributed by atoms with Crippen LogP contribution in [0, 0.1) is 0 Å². The summed E-state index contributed by atoms with van der Waals surface area (Å²) in [5.74, 6) is -0.678. The third-order valence-corrected chi connectivity index (χ3v) is 1.71. The lowest BCUT2D eigenvalue weighted by Gasteiger charge is -2.19. The van der Waals surface area contributed by atoms with E-state index in [1.54, 1.807) is 0 Å². The number of rotatable bonds is 1. The highest BCUT2D eigenvalue weighted by molar-refractivity contribution is 5.90. The first-order valence-corrected chi connectivity index (χ1v) is 3.81. The minimum Gasteiger partial charge on any atom is -0.484 e. The van der Waals surface area contributed by atoms with Gasteiger partial charge in [0.25, 0.3) is 5.88 Å². The summed E-state index contributed by atoms with van der Waals surface area (Å²) < 4.78 is 9.92. The number of fused-ring (bicyclic) bond motifs is 1. The smallest absolute Gasteiger partial charge is 0.362 e. The van der Waals surface area contributed by atoms with Gasteiger partial charge in [-0.3, -0.25) is 0 Å². The minimum absolute atomic E-state index is 0.0992. The van der Waals surface area contributed by atoms with Crippen LogP contribution in [0.5, 0.6) is 5.75 Å². The predicted molar refractivity (Wildman–Crippen MR) is 42.0 cm³/mol. The molecule has 2 N–H and O–H groups in total. The van der Waals surface area contributed by atoms with Gasteiger partial charge in [-0.2, -0.15) is 0 Å². The number of hydrogen-bond donors (Lipinski definition) is 2. The average Bonchev–Trinajstić information content (AvgIpc) is 2.46. The molecule has 0 fully saturated rings. The molecule has 13 heavy (non-hydrogen) atoms. The zero-order valence-corrected chi connectivity index (χ0v) is 6.90. The highest BCUT2D eigenvalue weighted by Crippen LogP contribution is 2.32. The first-order chi connectivity index (χ1) is 6.18. The molecule has 0 saturated carbocycles. The van der Waals surface area contributed by atoms with Gasteiger partial charge >= 0.3 is 5.97 Å². The fourth-order valence-electron chi connectivity index (χ4n) is 1.12. The maximum atomic E-state index is 10.6. The van der Waals surface area contributed by atoms with Gasteiger partial charge < -0.3 is 19.7 Å². The Balaban J connectivity index is 2.39. The predicted octanol–water partition coefficient (Wildman–Crippen LogP) is 0.566. The molecule has 0 spiro atoms. The molecule has 6 heteroatoms. The van der Waals surface area contributed by atoms with E-state index in [0.29, 0.717) is 6.61 Å². The molecule has 1 atom stereocenters. The van der Waals surface area contributed by atoms with Gasteiger partial charge in [0.2, 0.25) is 11.4 Å². The highest BCUT2D eigenvalue weighted by Gasteiger charge is 2.27. The van der Waals surface area contributed by atoms with Gasteiger partial charge in [0, 0.05) is 0 Å². The van der Waals surface area contributed by atoms with Gasteiger partial charge in [0.05, 0.1) is 6.04 Å². The molecule has 0 aromatic carbocycles. The Kier molecular flexibility index (Phi) is 1.61. The fraction of sp³-hybridized carbons (Fsp3) is 0.429. The Hall–Kier alpha value is -1.72. The summed E-state index contributed by atoms with van der Waals surface area (Å²) in [6, 6.07) is 0.0992. The van der Waals surface area contributed by atoms with Crippen molar-refractivity contribution in [2.45, 2.75) is 13.0 Å². The van der Waals surface area contributed by atoms with Crippen LogP contribution in [0.1, 0.15) is 17.4 Å². The molecule has 0 amide bonds. The monoisotopic (exact) mass is 184 g/mol. The van der Waals surface area contributed by atoms with Crippen molar-refractivity contribution in [2.24, 2.45) is 0 Å². The molecule has 0 bridgehead atoms. The second-order valence-electron chi connectivity index (χ2n) is 2.85. The molecule has 0 radical (unpaired) electrons. The van der Waals surface area contributed by atoms with Crippen molar-refractivity contribution in [1.29, 1.82) is 0 Å². The van der Waals surface area contributed by atoms with E-state index in [2.05, 4.69) is 10.5 Å². The first-order valence-electron chi connectivity index (χ1n) is 3.81. The van der Waals surface area contributed by atoms with Gasteiger partial charge in [-0.1, -0.05) is 5.16 Å². The number of anilines is 1. The molecule has 1 aliphatic heterocycles. The number of aromatic nitrogens is 1. The molecule has 1 aromatic heterocycles. The lowest BCUT2D eigenvalue weighted by atomic mass is 10.3. The summed E-state index contributed by atoms with van der Waals surface area (Å²) in [7, 11) is 0. The molecule has 1 aromatic rings. The molecule has 0 saturated heterocycles. The Labute approximate surface area is 73.5 Å². The van der Waals surface area contributed by atoms with Gasteiger partial charge in [-0.15, -0.1) is 0 Å². The lowest BCUT2D eigenvalue weighted by molar-refractivity contribution is 0.0681. The molecular formula is C7H8N2O4. The van der Waals surface area contributed by atoms with Crippen LogP contribution in [0.4, 0.5) is 5.88 Å². The number of aromatic carboxylic acids is 1. The van der Waals surface area contributed by atoms with Crippen molar-refractivity contribution in [1.82, 2.24) is 5.16 Å². The van der Waals surface area contributed by atoms with Crippen LogP contribution in [0.15, 0.2) is 4.52 Å². The topological polar surface area (TPSA) is 84.6 Å². The molecule has 70 valence electrons. The third-order valence-electron chi connectivity index (χ3n) is 1.71. The molecule has 2 rings (SSSR count). The summed E-state index contributed by atoms with van der Waals surface area (Å²) in [6.07, 6.45) is 0. The molecule has 0 aliphatic carbocycles. The van der Waals surface area contributed by atoms with E-state index in [0.717, 1.165) is 0 Å².